The molecule has 1 amide bonds. The van der Waals surface area contributed by atoms with Gasteiger partial charge in [0.05, 0.1) is 6.42 Å². The third-order valence-corrected chi connectivity index (χ3v) is 3.16. The summed E-state index contributed by atoms with van der Waals surface area (Å²) in [6.07, 6.45) is 2.62. The standard InChI is InChI=1S/C12H12FNO/c13-10-2-1-8-7-14(11-3-4-11)12(15)6-9(8)5-10/h1-2,5,11H,3-4,6-7H2. The van der Waals surface area contributed by atoms with E-state index in [0.29, 0.717) is 19.0 Å². The van der Waals surface area contributed by atoms with Crippen LogP contribution in [0.3, 0.4) is 0 Å². The maximum absolute atomic E-state index is 13.0. The van der Waals surface area contributed by atoms with Crippen LogP contribution in [-0.4, -0.2) is 16.8 Å². The Morgan fingerprint density at radius 1 is 1.27 bits per heavy atom. The van der Waals surface area contributed by atoms with Crippen LogP contribution in [-0.2, 0) is 17.8 Å². The molecule has 1 aliphatic carbocycles. The van der Waals surface area contributed by atoms with Crippen molar-refractivity contribution in [1.29, 1.82) is 0 Å². The zero-order valence-electron chi connectivity index (χ0n) is 8.37. The van der Waals surface area contributed by atoms with Crippen molar-refractivity contribution in [3.63, 3.8) is 0 Å². The molecule has 0 bridgehead atoms. The highest BCUT2D eigenvalue weighted by Gasteiger charge is 2.35. The van der Waals surface area contributed by atoms with Crippen LogP contribution < -0.4 is 0 Å². The Hall–Kier alpha value is -1.38. The van der Waals surface area contributed by atoms with Crippen molar-refractivity contribution < 1.29 is 9.18 Å². The fourth-order valence-corrected chi connectivity index (χ4v) is 2.17. The number of fused-ring (bicyclic) bond motifs is 1. The molecule has 1 aliphatic heterocycles. The molecule has 1 aromatic carbocycles. The van der Waals surface area contributed by atoms with Crippen molar-refractivity contribution in [2.75, 3.05) is 0 Å². The van der Waals surface area contributed by atoms with Crippen LogP contribution in [0.1, 0.15) is 24.0 Å². The summed E-state index contributed by atoms with van der Waals surface area (Å²) in [5.74, 6) is -0.1000. The van der Waals surface area contributed by atoms with E-state index in [4.69, 9.17) is 0 Å². The van der Waals surface area contributed by atoms with E-state index < -0.39 is 0 Å². The Morgan fingerprint density at radius 2 is 2.07 bits per heavy atom. The van der Waals surface area contributed by atoms with E-state index in [1.807, 2.05) is 4.90 Å². The lowest BCUT2D eigenvalue weighted by atomic mass is 9.99. The fraction of sp³-hybridized carbons (Fsp3) is 0.417. The van der Waals surface area contributed by atoms with Gasteiger partial charge in [-0.25, -0.2) is 4.39 Å². The normalized spacial score (nSPS) is 20.3. The molecule has 2 aliphatic rings. The van der Waals surface area contributed by atoms with Crippen LogP contribution >= 0.6 is 0 Å². The lowest BCUT2D eigenvalue weighted by Gasteiger charge is -2.28. The van der Waals surface area contributed by atoms with E-state index in [0.717, 1.165) is 24.0 Å². The molecule has 1 aromatic rings. The Morgan fingerprint density at radius 3 is 2.80 bits per heavy atom. The zero-order chi connectivity index (χ0) is 10.4. The minimum atomic E-state index is -0.249. The summed E-state index contributed by atoms with van der Waals surface area (Å²) in [7, 11) is 0. The van der Waals surface area contributed by atoms with Crippen molar-refractivity contribution in [3.8, 4) is 0 Å². The topological polar surface area (TPSA) is 20.3 Å². The molecule has 2 nitrogen and oxygen atoms in total. The molecule has 3 rings (SSSR count). The van der Waals surface area contributed by atoms with Crippen molar-refractivity contribution >= 4 is 5.91 Å². The number of amides is 1. The third kappa shape index (κ3) is 1.52. The zero-order valence-corrected chi connectivity index (χ0v) is 8.37. The first-order chi connectivity index (χ1) is 7.24. The van der Waals surface area contributed by atoms with E-state index in [2.05, 4.69) is 0 Å². The molecule has 1 saturated carbocycles. The Balaban J connectivity index is 1.94. The van der Waals surface area contributed by atoms with Crippen LogP contribution in [0, 0.1) is 5.82 Å². The molecule has 0 N–H and O–H groups in total. The fourth-order valence-electron chi connectivity index (χ4n) is 2.17. The number of carbonyl (C=O) groups excluding carboxylic acids is 1. The molecule has 0 atom stereocenters. The number of carbonyl (C=O) groups is 1. The molecule has 78 valence electrons. The Labute approximate surface area is 87.7 Å². The average molecular weight is 205 g/mol. The van der Waals surface area contributed by atoms with E-state index in [-0.39, 0.29) is 11.7 Å². The number of halogens is 1. The van der Waals surface area contributed by atoms with E-state index in [1.165, 1.54) is 12.1 Å². The van der Waals surface area contributed by atoms with Crippen LogP contribution in [0.15, 0.2) is 18.2 Å². The molecule has 0 saturated heterocycles. The third-order valence-electron chi connectivity index (χ3n) is 3.16. The van der Waals surface area contributed by atoms with Gasteiger partial charge in [-0.05, 0) is 36.1 Å². The van der Waals surface area contributed by atoms with E-state index in [9.17, 15) is 9.18 Å². The Bertz CT molecular complexity index is 426. The van der Waals surface area contributed by atoms with Gasteiger partial charge in [0.25, 0.3) is 0 Å². The summed E-state index contributed by atoms with van der Waals surface area (Å²) < 4.78 is 13.0. The molecule has 0 radical (unpaired) electrons. The molecule has 15 heavy (non-hydrogen) atoms. The molecule has 1 heterocycles. The first kappa shape index (κ1) is 8.89. The smallest absolute Gasteiger partial charge is 0.227 e. The minimum absolute atomic E-state index is 0.149. The van der Waals surface area contributed by atoms with Gasteiger partial charge in [-0.15, -0.1) is 0 Å². The molecule has 3 heteroatoms. The predicted octanol–water partition coefficient (Wildman–Crippen LogP) is 1.87. The van der Waals surface area contributed by atoms with E-state index >= 15 is 0 Å². The monoisotopic (exact) mass is 205 g/mol. The Kier molecular flexibility index (Phi) is 1.81. The summed E-state index contributed by atoms with van der Waals surface area (Å²) in [4.78, 5) is 13.7. The number of benzene rings is 1. The summed E-state index contributed by atoms with van der Waals surface area (Å²) in [5, 5.41) is 0. The van der Waals surface area contributed by atoms with Crippen molar-refractivity contribution in [2.45, 2.75) is 31.8 Å². The van der Waals surface area contributed by atoms with Gasteiger partial charge >= 0.3 is 0 Å². The highest BCUT2D eigenvalue weighted by Crippen LogP contribution is 2.32. The van der Waals surface area contributed by atoms with E-state index in [1.54, 1.807) is 6.07 Å². The van der Waals surface area contributed by atoms with Crippen molar-refractivity contribution in [1.82, 2.24) is 4.90 Å². The van der Waals surface area contributed by atoms with Crippen molar-refractivity contribution in [2.24, 2.45) is 0 Å². The molecule has 0 unspecified atom stereocenters. The molecule has 0 aromatic heterocycles. The summed E-state index contributed by atoms with van der Waals surface area (Å²) in [5.41, 5.74) is 1.96. The largest absolute Gasteiger partial charge is 0.335 e. The quantitative estimate of drug-likeness (QED) is 0.685. The SMILES string of the molecule is O=C1Cc2cc(F)ccc2CN1C1CC1. The maximum Gasteiger partial charge on any atom is 0.227 e. The summed E-state index contributed by atoms with van der Waals surface area (Å²) >= 11 is 0. The summed E-state index contributed by atoms with van der Waals surface area (Å²) in [6.45, 7) is 0.666. The minimum Gasteiger partial charge on any atom is -0.335 e. The van der Waals surface area contributed by atoms with Gasteiger partial charge in [-0.3, -0.25) is 4.79 Å². The first-order valence-electron chi connectivity index (χ1n) is 5.31. The molecular formula is C12H12FNO. The highest BCUT2D eigenvalue weighted by atomic mass is 19.1. The number of rotatable bonds is 1. The first-order valence-corrected chi connectivity index (χ1v) is 5.31. The van der Waals surface area contributed by atoms with Gasteiger partial charge in [0.2, 0.25) is 5.91 Å². The van der Waals surface area contributed by atoms with Gasteiger partial charge in [-0.1, -0.05) is 6.07 Å². The molecule has 0 spiro atoms. The van der Waals surface area contributed by atoms with Crippen LogP contribution in [0.5, 0.6) is 0 Å². The van der Waals surface area contributed by atoms with Gasteiger partial charge in [-0.2, -0.15) is 0 Å². The van der Waals surface area contributed by atoms with Crippen LogP contribution in [0.4, 0.5) is 4.39 Å². The highest BCUT2D eigenvalue weighted by molar-refractivity contribution is 5.81. The lowest BCUT2D eigenvalue weighted by Crippen LogP contribution is -2.37. The maximum atomic E-state index is 13.0. The van der Waals surface area contributed by atoms with Gasteiger partial charge in [0, 0.05) is 12.6 Å². The second-order valence-electron chi connectivity index (χ2n) is 4.34. The molecule has 1 fully saturated rings. The lowest BCUT2D eigenvalue weighted by molar-refractivity contribution is -0.132. The molecular weight excluding hydrogens is 193 g/mol. The van der Waals surface area contributed by atoms with Crippen LogP contribution in [0.25, 0.3) is 0 Å². The van der Waals surface area contributed by atoms with Gasteiger partial charge in [0.15, 0.2) is 0 Å². The van der Waals surface area contributed by atoms with Gasteiger partial charge < -0.3 is 4.90 Å². The predicted molar refractivity (Wildman–Crippen MR) is 53.7 cm³/mol. The average Bonchev–Trinajstić information content (AvgIpc) is 3.00. The number of hydrogen-bond donors (Lipinski definition) is 0. The van der Waals surface area contributed by atoms with Crippen LogP contribution in [0.2, 0.25) is 0 Å². The number of nitrogens with zero attached hydrogens (tertiary/aromatic N) is 1. The van der Waals surface area contributed by atoms with Crippen molar-refractivity contribution in [3.05, 3.63) is 35.1 Å². The van der Waals surface area contributed by atoms with Gasteiger partial charge in [0.1, 0.15) is 5.82 Å². The number of hydrogen-bond acceptors (Lipinski definition) is 1. The second kappa shape index (κ2) is 3.05. The summed E-state index contributed by atoms with van der Waals surface area (Å²) in [6, 6.07) is 5.21. The second-order valence-corrected chi connectivity index (χ2v) is 4.34.